The predicted molar refractivity (Wildman–Crippen MR) is 103 cm³/mol. The van der Waals surface area contributed by atoms with E-state index in [4.69, 9.17) is 4.74 Å². The van der Waals surface area contributed by atoms with Crippen molar-refractivity contribution in [3.63, 3.8) is 0 Å². The fourth-order valence-corrected chi connectivity index (χ4v) is 3.13. The first-order valence-corrected chi connectivity index (χ1v) is 8.92. The summed E-state index contributed by atoms with van der Waals surface area (Å²) in [7, 11) is 1.33. The Morgan fingerprint density at radius 3 is 2.71 bits per heavy atom. The maximum absolute atomic E-state index is 12.9. The monoisotopic (exact) mass is 382 g/mol. The Balaban J connectivity index is 1.92. The number of anilines is 1. The van der Waals surface area contributed by atoms with Crippen LogP contribution in [0.15, 0.2) is 24.3 Å². The molecule has 0 spiro atoms. The number of ether oxygens (including phenoxy) is 1. The summed E-state index contributed by atoms with van der Waals surface area (Å²) < 4.78 is 6.45. The van der Waals surface area contributed by atoms with E-state index in [1.54, 1.807) is 36.7 Å². The molecule has 1 amide bonds. The maximum atomic E-state index is 12.9. The minimum absolute atomic E-state index is 0.327. The van der Waals surface area contributed by atoms with E-state index in [0.29, 0.717) is 40.4 Å². The van der Waals surface area contributed by atoms with Crippen molar-refractivity contribution in [2.75, 3.05) is 12.4 Å². The van der Waals surface area contributed by atoms with Gasteiger partial charge in [-0.15, -0.1) is 5.10 Å². The molecule has 0 aliphatic carbocycles. The molecular weight excluding hydrogens is 360 g/mol. The zero-order valence-corrected chi connectivity index (χ0v) is 16.2. The Morgan fingerprint density at radius 2 is 2.07 bits per heavy atom. The number of esters is 1. The number of nitrogens with one attached hydrogen (secondary N) is 2. The molecule has 3 aromatic rings. The number of hydrogen-bond donors (Lipinski definition) is 2. The van der Waals surface area contributed by atoms with Crippen LogP contribution in [0.3, 0.4) is 0 Å². The van der Waals surface area contributed by atoms with Crippen molar-refractivity contribution in [2.45, 2.75) is 33.6 Å². The van der Waals surface area contributed by atoms with Crippen LogP contribution >= 0.6 is 0 Å². The smallest absolute Gasteiger partial charge is 0.339 e. The number of H-pyrrole nitrogens is 1. The molecule has 1 aromatic carbocycles. The average molecular weight is 382 g/mol. The number of benzene rings is 1. The van der Waals surface area contributed by atoms with Crippen molar-refractivity contribution in [2.24, 2.45) is 0 Å². The number of methoxy groups -OCH3 is 1. The van der Waals surface area contributed by atoms with Gasteiger partial charge in [0.25, 0.3) is 5.91 Å². The van der Waals surface area contributed by atoms with E-state index in [1.165, 1.54) is 7.11 Å². The van der Waals surface area contributed by atoms with Crippen molar-refractivity contribution in [3.05, 3.63) is 52.6 Å². The lowest BCUT2D eigenvalue weighted by molar-refractivity contribution is 0.0599. The summed E-state index contributed by atoms with van der Waals surface area (Å²) in [5.41, 5.74) is 3.38. The zero-order chi connectivity index (χ0) is 20.3. The summed E-state index contributed by atoms with van der Waals surface area (Å²) in [5.74, 6) is -0.142. The number of hydrogen-bond acceptors (Lipinski definition) is 6. The van der Waals surface area contributed by atoms with Crippen LogP contribution in [0.5, 0.6) is 0 Å². The molecule has 146 valence electrons. The molecule has 0 aliphatic heterocycles. The van der Waals surface area contributed by atoms with Crippen LogP contribution in [0.1, 0.15) is 51.3 Å². The maximum Gasteiger partial charge on any atom is 0.339 e. The highest BCUT2D eigenvalue weighted by molar-refractivity contribution is 6.07. The van der Waals surface area contributed by atoms with Gasteiger partial charge in [0.15, 0.2) is 5.82 Å². The second-order valence-corrected chi connectivity index (χ2v) is 6.36. The van der Waals surface area contributed by atoms with Gasteiger partial charge in [0.2, 0.25) is 0 Å². The molecule has 9 nitrogen and oxygen atoms in total. The van der Waals surface area contributed by atoms with Crippen LogP contribution in [0.2, 0.25) is 0 Å². The van der Waals surface area contributed by atoms with Crippen molar-refractivity contribution >= 4 is 17.6 Å². The van der Waals surface area contributed by atoms with Gasteiger partial charge in [0.05, 0.1) is 18.4 Å². The molecule has 0 radical (unpaired) electrons. The second-order valence-electron chi connectivity index (χ2n) is 6.36. The molecule has 2 heterocycles. The summed E-state index contributed by atoms with van der Waals surface area (Å²) in [6.07, 6.45) is 1.37. The molecule has 0 atom stereocenters. The number of carbonyl (C=O) groups is 2. The molecule has 0 fully saturated rings. The lowest BCUT2D eigenvalue weighted by Gasteiger charge is -2.09. The molecular formula is C19H22N6O3. The van der Waals surface area contributed by atoms with Gasteiger partial charge in [-0.3, -0.25) is 4.79 Å². The Labute approximate surface area is 162 Å². The minimum Gasteiger partial charge on any atom is -0.465 e. The Morgan fingerprint density at radius 1 is 1.29 bits per heavy atom. The molecule has 0 bridgehead atoms. The number of amides is 1. The van der Waals surface area contributed by atoms with Crippen LogP contribution in [0.25, 0.3) is 5.69 Å². The third-order valence-corrected chi connectivity index (χ3v) is 4.38. The standard InChI is InChI=1S/C19H22N6O3/c1-5-7-15-16(19(27)28-4)11(2)20-17(15)18(26)21-13-8-6-9-14(10-13)25-12(3)22-23-24-25/h6,8-10,20H,5,7H2,1-4H3,(H,21,26). The number of nitrogens with zero attached hydrogens (tertiary/aromatic N) is 4. The van der Waals surface area contributed by atoms with Gasteiger partial charge in [0.1, 0.15) is 5.69 Å². The fourth-order valence-electron chi connectivity index (χ4n) is 3.13. The molecule has 0 unspecified atom stereocenters. The molecule has 2 aromatic heterocycles. The molecule has 28 heavy (non-hydrogen) atoms. The summed E-state index contributed by atoms with van der Waals surface area (Å²) in [4.78, 5) is 28.1. The lowest BCUT2D eigenvalue weighted by Crippen LogP contribution is -2.15. The summed E-state index contributed by atoms with van der Waals surface area (Å²) in [5, 5.41) is 14.3. The molecule has 0 saturated heterocycles. The van der Waals surface area contributed by atoms with Gasteiger partial charge >= 0.3 is 5.97 Å². The number of aryl methyl sites for hydroxylation is 2. The van der Waals surface area contributed by atoms with Crippen LogP contribution in [-0.4, -0.2) is 44.2 Å². The van der Waals surface area contributed by atoms with Gasteiger partial charge < -0.3 is 15.0 Å². The first-order valence-electron chi connectivity index (χ1n) is 8.92. The van der Waals surface area contributed by atoms with Crippen LogP contribution in [-0.2, 0) is 11.2 Å². The van der Waals surface area contributed by atoms with E-state index in [2.05, 4.69) is 25.8 Å². The van der Waals surface area contributed by atoms with E-state index < -0.39 is 5.97 Å². The minimum atomic E-state index is -0.451. The van der Waals surface area contributed by atoms with E-state index in [0.717, 1.165) is 12.1 Å². The molecule has 0 saturated carbocycles. The molecule has 0 aliphatic rings. The number of aromatic amines is 1. The van der Waals surface area contributed by atoms with Crippen molar-refractivity contribution in [1.82, 2.24) is 25.2 Å². The highest BCUT2D eigenvalue weighted by Crippen LogP contribution is 2.23. The fraction of sp³-hybridized carbons (Fsp3) is 0.316. The van der Waals surface area contributed by atoms with Crippen LogP contribution in [0.4, 0.5) is 5.69 Å². The van der Waals surface area contributed by atoms with Crippen molar-refractivity contribution in [1.29, 1.82) is 0 Å². The predicted octanol–water partition coefficient (Wildman–Crippen LogP) is 2.60. The summed E-state index contributed by atoms with van der Waals surface area (Å²) in [6.45, 7) is 5.53. The van der Waals surface area contributed by atoms with Crippen molar-refractivity contribution < 1.29 is 14.3 Å². The van der Waals surface area contributed by atoms with E-state index in [-0.39, 0.29) is 5.91 Å². The first kappa shape index (κ1) is 19.3. The summed E-state index contributed by atoms with van der Waals surface area (Å²) >= 11 is 0. The average Bonchev–Trinajstić information content (AvgIpc) is 3.25. The normalized spacial score (nSPS) is 10.7. The number of tetrazole rings is 1. The Hall–Kier alpha value is -3.49. The number of aromatic nitrogens is 5. The van der Waals surface area contributed by atoms with E-state index >= 15 is 0 Å². The second kappa shape index (κ2) is 8.03. The lowest BCUT2D eigenvalue weighted by atomic mass is 10.0. The van der Waals surface area contributed by atoms with Gasteiger partial charge in [-0.2, -0.15) is 4.68 Å². The zero-order valence-electron chi connectivity index (χ0n) is 16.2. The summed E-state index contributed by atoms with van der Waals surface area (Å²) in [6, 6.07) is 7.20. The third kappa shape index (κ3) is 3.64. The van der Waals surface area contributed by atoms with Gasteiger partial charge in [-0.05, 0) is 54.5 Å². The van der Waals surface area contributed by atoms with E-state index in [9.17, 15) is 9.59 Å². The molecule has 3 rings (SSSR count). The SMILES string of the molecule is CCCc1c(C(=O)Nc2cccc(-n3nnnc3C)c2)[nH]c(C)c1C(=O)OC. The highest BCUT2D eigenvalue weighted by Gasteiger charge is 2.24. The van der Waals surface area contributed by atoms with Gasteiger partial charge in [0, 0.05) is 11.4 Å². The molecule has 2 N–H and O–H groups in total. The van der Waals surface area contributed by atoms with E-state index in [1.807, 2.05) is 13.0 Å². The third-order valence-electron chi connectivity index (χ3n) is 4.38. The van der Waals surface area contributed by atoms with Gasteiger partial charge in [-0.25, -0.2) is 4.79 Å². The Bertz CT molecular complexity index is 1020. The quantitative estimate of drug-likeness (QED) is 0.633. The molecule has 9 heteroatoms. The Kier molecular flexibility index (Phi) is 5.53. The number of carbonyl (C=O) groups excluding carboxylic acids is 2. The largest absolute Gasteiger partial charge is 0.465 e. The van der Waals surface area contributed by atoms with Crippen LogP contribution < -0.4 is 5.32 Å². The first-order chi connectivity index (χ1) is 13.5. The van der Waals surface area contributed by atoms with Crippen molar-refractivity contribution in [3.8, 4) is 5.69 Å². The van der Waals surface area contributed by atoms with Crippen LogP contribution in [0, 0.1) is 13.8 Å². The number of rotatable bonds is 6. The van der Waals surface area contributed by atoms with Gasteiger partial charge in [-0.1, -0.05) is 19.4 Å². The highest BCUT2D eigenvalue weighted by atomic mass is 16.5. The topological polar surface area (TPSA) is 115 Å².